The molecular weight excluding hydrogens is 96.1 g/mol. The van der Waals surface area contributed by atoms with E-state index in [2.05, 4.69) is 26.7 Å². The van der Waals surface area contributed by atoms with Crippen LogP contribution in [0.15, 0.2) is 0 Å². The molecule has 0 aromatic carbocycles. The van der Waals surface area contributed by atoms with E-state index in [4.69, 9.17) is 6.42 Å². The Morgan fingerprint density at radius 2 is 2.12 bits per heavy atom. The number of rotatable bonds is 2. The molecule has 45 valence electrons. The van der Waals surface area contributed by atoms with Gasteiger partial charge in [-0.3, -0.25) is 0 Å². The SMILES string of the molecule is C#CCC(C)(C)C[CH2]. The van der Waals surface area contributed by atoms with Crippen molar-refractivity contribution in [1.82, 2.24) is 0 Å². The summed E-state index contributed by atoms with van der Waals surface area (Å²) in [7, 11) is 0. The molecule has 0 aromatic heterocycles. The maximum atomic E-state index is 5.11. The van der Waals surface area contributed by atoms with E-state index in [1.54, 1.807) is 0 Å². The van der Waals surface area contributed by atoms with E-state index < -0.39 is 0 Å². The topological polar surface area (TPSA) is 0 Å². The van der Waals surface area contributed by atoms with Crippen LogP contribution in [0.2, 0.25) is 0 Å². The Morgan fingerprint density at radius 1 is 1.62 bits per heavy atom. The molecule has 0 aliphatic heterocycles. The fourth-order valence-corrected chi connectivity index (χ4v) is 0.365. The number of terminal acetylenes is 1. The van der Waals surface area contributed by atoms with E-state index in [9.17, 15) is 0 Å². The molecule has 0 heteroatoms. The molecule has 0 bridgehead atoms. The molecule has 0 unspecified atom stereocenters. The van der Waals surface area contributed by atoms with E-state index in [1.807, 2.05) is 0 Å². The van der Waals surface area contributed by atoms with Crippen molar-refractivity contribution >= 4 is 0 Å². The molecule has 0 aliphatic rings. The van der Waals surface area contributed by atoms with Crippen molar-refractivity contribution < 1.29 is 0 Å². The molecule has 0 heterocycles. The minimum absolute atomic E-state index is 0.245. The molecule has 0 rings (SSSR count). The minimum atomic E-state index is 0.245. The largest absolute Gasteiger partial charge is 0.120 e. The van der Waals surface area contributed by atoms with Crippen LogP contribution in [0, 0.1) is 24.7 Å². The van der Waals surface area contributed by atoms with Crippen LogP contribution in [-0.2, 0) is 0 Å². The van der Waals surface area contributed by atoms with Gasteiger partial charge in [0.05, 0.1) is 0 Å². The monoisotopic (exact) mass is 109 g/mol. The molecule has 0 spiro atoms. The van der Waals surface area contributed by atoms with Crippen molar-refractivity contribution in [2.24, 2.45) is 5.41 Å². The maximum absolute atomic E-state index is 5.11. The highest BCUT2D eigenvalue weighted by molar-refractivity contribution is 4.90. The average Bonchev–Trinajstić information content (AvgIpc) is 1.67. The first kappa shape index (κ1) is 7.56. The van der Waals surface area contributed by atoms with Crippen molar-refractivity contribution in [3.05, 3.63) is 6.92 Å². The highest BCUT2D eigenvalue weighted by Gasteiger charge is 2.11. The summed E-state index contributed by atoms with van der Waals surface area (Å²) in [4.78, 5) is 0. The predicted octanol–water partition coefficient (Wildman–Crippen LogP) is 2.26. The van der Waals surface area contributed by atoms with Gasteiger partial charge in [-0.05, 0) is 11.8 Å². The summed E-state index contributed by atoms with van der Waals surface area (Å²) in [5, 5.41) is 0. The summed E-state index contributed by atoms with van der Waals surface area (Å²) < 4.78 is 0. The third-order valence-corrected chi connectivity index (χ3v) is 1.26. The Labute approximate surface area is 52.3 Å². The summed E-state index contributed by atoms with van der Waals surface area (Å²) in [5.74, 6) is 2.62. The molecule has 0 aromatic rings. The minimum Gasteiger partial charge on any atom is -0.120 e. The quantitative estimate of drug-likeness (QED) is 0.477. The van der Waals surface area contributed by atoms with Crippen LogP contribution in [0.3, 0.4) is 0 Å². The maximum Gasteiger partial charge on any atom is 0.0137 e. The smallest absolute Gasteiger partial charge is 0.0137 e. The Morgan fingerprint density at radius 3 is 2.25 bits per heavy atom. The van der Waals surface area contributed by atoms with E-state index in [1.165, 1.54) is 0 Å². The van der Waals surface area contributed by atoms with Gasteiger partial charge in [0, 0.05) is 6.42 Å². The first-order valence-electron chi connectivity index (χ1n) is 2.85. The Bertz CT molecular complexity index is 93.1. The van der Waals surface area contributed by atoms with E-state index in [0.717, 1.165) is 12.8 Å². The van der Waals surface area contributed by atoms with Crippen LogP contribution in [0.1, 0.15) is 26.7 Å². The van der Waals surface area contributed by atoms with Crippen LogP contribution in [0.4, 0.5) is 0 Å². The van der Waals surface area contributed by atoms with Crippen LogP contribution >= 0.6 is 0 Å². The molecule has 0 amide bonds. The fraction of sp³-hybridized carbons (Fsp3) is 0.625. The molecule has 0 fully saturated rings. The zero-order valence-corrected chi connectivity index (χ0v) is 5.70. The number of hydrogen-bond donors (Lipinski definition) is 0. The average molecular weight is 109 g/mol. The van der Waals surface area contributed by atoms with Gasteiger partial charge in [0.25, 0.3) is 0 Å². The normalized spacial score (nSPS) is 10.8. The highest BCUT2D eigenvalue weighted by atomic mass is 14.2. The standard InChI is InChI=1S/C8H13/c1-5-7-8(3,4)6-2/h1H,2,6-7H2,3-4H3. The van der Waals surface area contributed by atoms with Crippen molar-refractivity contribution in [3.8, 4) is 12.3 Å². The van der Waals surface area contributed by atoms with Gasteiger partial charge in [0.1, 0.15) is 0 Å². The van der Waals surface area contributed by atoms with Crippen LogP contribution < -0.4 is 0 Å². The lowest BCUT2D eigenvalue weighted by Crippen LogP contribution is -2.07. The lowest BCUT2D eigenvalue weighted by atomic mass is 9.87. The highest BCUT2D eigenvalue weighted by Crippen LogP contribution is 2.22. The van der Waals surface area contributed by atoms with Gasteiger partial charge in [-0.25, -0.2) is 0 Å². The molecule has 0 nitrogen and oxygen atoms in total. The molecular formula is C8H13. The van der Waals surface area contributed by atoms with E-state index >= 15 is 0 Å². The zero-order chi connectivity index (χ0) is 6.62. The summed E-state index contributed by atoms with van der Waals surface area (Å²) in [6.07, 6.45) is 6.86. The van der Waals surface area contributed by atoms with Gasteiger partial charge < -0.3 is 0 Å². The lowest BCUT2D eigenvalue weighted by Gasteiger charge is -2.17. The van der Waals surface area contributed by atoms with Crippen molar-refractivity contribution in [2.75, 3.05) is 0 Å². The molecule has 0 aliphatic carbocycles. The fourth-order valence-electron chi connectivity index (χ4n) is 0.365. The zero-order valence-electron chi connectivity index (χ0n) is 5.70. The van der Waals surface area contributed by atoms with Crippen LogP contribution in [0.5, 0.6) is 0 Å². The molecule has 0 saturated carbocycles. The second-order valence-corrected chi connectivity index (χ2v) is 2.80. The van der Waals surface area contributed by atoms with E-state index in [-0.39, 0.29) is 5.41 Å². The van der Waals surface area contributed by atoms with Gasteiger partial charge >= 0.3 is 0 Å². The van der Waals surface area contributed by atoms with Gasteiger partial charge in [-0.1, -0.05) is 20.8 Å². The molecule has 0 saturated heterocycles. The van der Waals surface area contributed by atoms with Gasteiger partial charge in [-0.15, -0.1) is 12.3 Å². The molecule has 1 radical (unpaired) electrons. The Balaban J connectivity index is 3.58. The van der Waals surface area contributed by atoms with Gasteiger partial charge in [0.15, 0.2) is 0 Å². The summed E-state index contributed by atoms with van der Waals surface area (Å²) in [6.45, 7) is 8.03. The second kappa shape index (κ2) is 2.77. The van der Waals surface area contributed by atoms with Gasteiger partial charge in [-0.2, -0.15) is 0 Å². The lowest BCUT2D eigenvalue weighted by molar-refractivity contribution is 0.382. The third kappa shape index (κ3) is 2.69. The van der Waals surface area contributed by atoms with Crippen LogP contribution in [-0.4, -0.2) is 0 Å². The molecule has 8 heavy (non-hydrogen) atoms. The Kier molecular flexibility index (Phi) is 2.62. The van der Waals surface area contributed by atoms with E-state index in [0.29, 0.717) is 0 Å². The van der Waals surface area contributed by atoms with Crippen molar-refractivity contribution in [3.63, 3.8) is 0 Å². The summed E-state index contributed by atoms with van der Waals surface area (Å²) >= 11 is 0. The third-order valence-electron chi connectivity index (χ3n) is 1.26. The Hall–Kier alpha value is -0.440. The second-order valence-electron chi connectivity index (χ2n) is 2.80. The summed E-state index contributed by atoms with van der Waals surface area (Å²) in [6, 6.07) is 0. The van der Waals surface area contributed by atoms with Gasteiger partial charge in [0.2, 0.25) is 0 Å². The van der Waals surface area contributed by atoms with Crippen LogP contribution in [0.25, 0.3) is 0 Å². The van der Waals surface area contributed by atoms with Crippen molar-refractivity contribution in [1.29, 1.82) is 0 Å². The predicted molar refractivity (Wildman–Crippen MR) is 37.2 cm³/mol. The summed E-state index contributed by atoms with van der Waals surface area (Å²) in [5.41, 5.74) is 0.245. The molecule has 0 atom stereocenters. The first-order chi connectivity index (χ1) is 3.62. The number of hydrogen-bond acceptors (Lipinski definition) is 0. The van der Waals surface area contributed by atoms with Crippen molar-refractivity contribution in [2.45, 2.75) is 26.7 Å². The first-order valence-corrected chi connectivity index (χ1v) is 2.85. The molecule has 0 N–H and O–H groups in total.